The van der Waals surface area contributed by atoms with Crippen molar-refractivity contribution in [1.29, 1.82) is 0 Å². The lowest BCUT2D eigenvalue weighted by Crippen LogP contribution is -2.35. The van der Waals surface area contributed by atoms with Gasteiger partial charge in [0.25, 0.3) is 0 Å². The Bertz CT molecular complexity index is 707. The van der Waals surface area contributed by atoms with E-state index >= 15 is 0 Å². The van der Waals surface area contributed by atoms with E-state index in [2.05, 4.69) is 10.3 Å². The average molecular weight is 403 g/mol. The predicted molar refractivity (Wildman–Crippen MR) is 104 cm³/mol. The van der Waals surface area contributed by atoms with Gasteiger partial charge in [-0.1, -0.05) is 18.6 Å². The highest BCUT2D eigenvalue weighted by Gasteiger charge is 2.28. The molecule has 5 nitrogen and oxygen atoms in total. The lowest BCUT2D eigenvalue weighted by Gasteiger charge is -2.21. The van der Waals surface area contributed by atoms with Gasteiger partial charge in [-0.15, -0.1) is 24.8 Å². The molecule has 1 heterocycles. The van der Waals surface area contributed by atoms with Gasteiger partial charge in [0.05, 0.1) is 0 Å². The van der Waals surface area contributed by atoms with Crippen molar-refractivity contribution in [1.82, 2.24) is 14.9 Å². The zero-order valence-corrected chi connectivity index (χ0v) is 16.2. The summed E-state index contributed by atoms with van der Waals surface area (Å²) in [4.78, 5) is 16.9. The number of nitrogens with zero attached hydrogens (tertiary/aromatic N) is 2. The summed E-state index contributed by atoms with van der Waals surface area (Å²) in [5, 5.41) is 3.04. The maximum atomic E-state index is 13.2. The van der Waals surface area contributed by atoms with Gasteiger partial charge in [0, 0.05) is 31.9 Å². The summed E-state index contributed by atoms with van der Waals surface area (Å²) >= 11 is 0. The lowest BCUT2D eigenvalue weighted by atomic mass is 9.99. The molecule has 1 unspecified atom stereocenters. The van der Waals surface area contributed by atoms with Crippen molar-refractivity contribution < 1.29 is 9.18 Å². The highest BCUT2D eigenvalue weighted by Crippen LogP contribution is 2.27. The van der Waals surface area contributed by atoms with Crippen molar-refractivity contribution in [3.05, 3.63) is 53.9 Å². The second-order valence-electron chi connectivity index (χ2n) is 6.51. The number of hydrogen-bond donors (Lipinski definition) is 2. The Morgan fingerprint density at radius 1 is 1.35 bits per heavy atom. The molecule has 1 aromatic carbocycles. The summed E-state index contributed by atoms with van der Waals surface area (Å²) < 4.78 is 15.1. The third kappa shape index (κ3) is 5.19. The molecule has 1 aromatic heterocycles. The molecule has 1 amide bonds. The van der Waals surface area contributed by atoms with Crippen LogP contribution in [0.25, 0.3) is 0 Å². The minimum atomic E-state index is -0.407. The Labute approximate surface area is 165 Å². The minimum Gasteiger partial charge on any atom is -0.342 e. The van der Waals surface area contributed by atoms with E-state index in [0.29, 0.717) is 12.2 Å². The SMILES string of the molecule is Cl.Cl.Cn1ccnc1C(NC(=O)C[C@@H]1CCC[C@H]1N)c1ccc(F)cc1. The number of halogens is 3. The van der Waals surface area contributed by atoms with Gasteiger partial charge in [0.15, 0.2) is 0 Å². The Morgan fingerprint density at radius 3 is 2.58 bits per heavy atom. The van der Waals surface area contributed by atoms with Gasteiger partial charge < -0.3 is 15.6 Å². The van der Waals surface area contributed by atoms with Gasteiger partial charge in [0.2, 0.25) is 5.91 Å². The van der Waals surface area contributed by atoms with Crippen LogP contribution in [0.3, 0.4) is 0 Å². The fourth-order valence-corrected chi connectivity index (χ4v) is 3.38. The second kappa shape index (κ2) is 9.90. The lowest BCUT2D eigenvalue weighted by molar-refractivity contribution is -0.122. The molecule has 3 N–H and O–H groups in total. The Hall–Kier alpha value is -1.63. The third-order valence-corrected chi connectivity index (χ3v) is 4.79. The fraction of sp³-hybridized carbons (Fsp3) is 0.444. The normalized spacial score (nSPS) is 20.0. The molecule has 3 atom stereocenters. The third-order valence-electron chi connectivity index (χ3n) is 4.79. The number of nitrogens with one attached hydrogen (secondary N) is 1. The van der Waals surface area contributed by atoms with Crippen LogP contribution >= 0.6 is 24.8 Å². The molecule has 0 spiro atoms. The highest BCUT2D eigenvalue weighted by atomic mass is 35.5. The number of amides is 1. The summed E-state index contributed by atoms with van der Waals surface area (Å²) in [6, 6.07) is 5.84. The van der Waals surface area contributed by atoms with Crippen LogP contribution in [0, 0.1) is 11.7 Å². The van der Waals surface area contributed by atoms with Gasteiger partial charge in [-0.05, 0) is 36.5 Å². The number of imidazole rings is 1. The van der Waals surface area contributed by atoms with Crippen LogP contribution in [-0.2, 0) is 11.8 Å². The summed E-state index contributed by atoms with van der Waals surface area (Å²) in [6.07, 6.45) is 7.00. The number of hydrogen-bond acceptors (Lipinski definition) is 3. The molecule has 1 aliphatic carbocycles. The zero-order chi connectivity index (χ0) is 17.1. The van der Waals surface area contributed by atoms with E-state index in [-0.39, 0.29) is 48.5 Å². The molecule has 2 aromatic rings. The molecule has 144 valence electrons. The quantitative estimate of drug-likeness (QED) is 0.806. The van der Waals surface area contributed by atoms with Crippen LogP contribution in [0.5, 0.6) is 0 Å². The van der Waals surface area contributed by atoms with Crippen molar-refractivity contribution in [3.63, 3.8) is 0 Å². The molecule has 0 aliphatic heterocycles. The van der Waals surface area contributed by atoms with Crippen LogP contribution < -0.4 is 11.1 Å². The summed E-state index contributed by atoms with van der Waals surface area (Å²) in [5.74, 6) is 0.598. The van der Waals surface area contributed by atoms with Crippen molar-refractivity contribution in [3.8, 4) is 0 Å². The zero-order valence-electron chi connectivity index (χ0n) is 14.6. The highest BCUT2D eigenvalue weighted by molar-refractivity contribution is 5.85. The van der Waals surface area contributed by atoms with E-state index < -0.39 is 6.04 Å². The van der Waals surface area contributed by atoms with Crippen LogP contribution in [0.1, 0.15) is 43.1 Å². The maximum Gasteiger partial charge on any atom is 0.221 e. The first-order valence-electron chi connectivity index (χ1n) is 8.32. The number of aromatic nitrogens is 2. The summed E-state index contributed by atoms with van der Waals surface area (Å²) in [7, 11) is 1.87. The van der Waals surface area contributed by atoms with E-state index in [1.54, 1.807) is 18.3 Å². The fourth-order valence-electron chi connectivity index (χ4n) is 3.38. The van der Waals surface area contributed by atoms with E-state index in [9.17, 15) is 9.18 Å². The molecule has 26 heavy (non-hydrogen) atoms. The minimum absolute atomic E-state index is 0. The number of rotatable bonds is 5. The molecule has 3 rings (SSSR count). The topological polar surface area (TPSA) is 72.9 Å². The Kier molecular flexibility index (Phi) is 8.53. The maximum absolute atomic E-state index is 13.2. The molecule has 1 fully saturated rings. The van der Waals surface area contributed by atoms with Crippen LogP contribution in [0.2, 0.25) is 0 Å². The van der Waals surface area contributed by atoms with E-state index in [1.165, 1.54) is 12.1 Å². The first-order chi connectivity index (χ1) is 11.5. The van der Waals surface area contributed by atoms with Crippen molar-refractivity contribution in [2.45, 2.75) is 37.8 Å². The molecule has 0 bridgehead atoms. The standard InChI is InChI=1S/C18H23FN4O.2ClH/c1-23-10-9-21-18(23)17(12-5-7-14(19)8-6-12)22-16(24)11-13-3-2-4-15(13)20;;/h5-10,13,15,17H,2-4,11,20H2,1H3,(H,22,24);2*1H/t13-,15+,17?;;/m0../s1. The number of nitrogens with two attached hydrogens (primary N) is 1. The molecule has 1 aliphatic rings. The van der Waals surface area contributed by atoms with E-state index in [0.717, 1.165) is 24.8 Å². The molecular formula is C18H25Cl2FN4O. The van der Waals surface area contributed by atoms with Gasteiger partial charge in [-0.3, -0.25) is 4.79 Å². The van der Waals surface area contributed by atoms with E-state index in [1.807, 2.05) is 17.8 Å². The molecule has 0 radical (unpaired) electrons. The van der Waals surface area contributed by atoms with Crippen molar-refractivity contribution in [2.24, 2.45) is 18.7 Å². The van der Waals surface area contributed by atoms with Gasteiger partial charge in [-0.25, -0.2) is 9.37 Å². The first-order valence-corrected chi connectivity index (χ1v) is 8.32. The molecule has 1 saturated carbocycles. The van der Waals surface area contributed by atoms with Gasteiger partial charge >= 0.3 is 0 Å². The number of aryl methyl sites for hydroxylation is 1. The average Bonchev–Trinajstić information content (AvgIpc) is 3.15. The largest absolute Gasteiger partial charge is 0.342 e. The molecular weight excluding hydrogens is 378 g/mol. The number of carbonyl (C=O) groups is 1. The van der Waals surface area contributed by atoms with E-state index in [4.69, 9.17) is 5.73 Å². The van der Waals surface area contributed by atoms with Crippen molar-refractivity contribution in [2.75, 3.05) is 0 Å². The first kappa shape index (κ1) is 22.4. The smallest absolute Gasteiger partial charge is 0.221 e. The van der Waals surface area contributed by atoms with Crippen LogP contribution in [0.15, 0.2) is 36.7 Å². The predicted octanol–water partition coefficient (Wildman–Crippen LogP) is 3.13. The van der Waals surface area contributed by atoms with Gasteiger partial charge in [-0.2, -0.15) is 0 Å². The van der Waals surface area contributed by atoms with Crippen molar-refractivity contribution >= 4 is 30.7 Å². The number of carbonyl (C=O) groups excluding carboxylic acids is 1. The van der Waals surface area contributed by atoms with Gasteiger partial charge in [0.1, 0.15) is 17.7 Å². The monoisotopic (exact) mass is 402 g/mol. The number of benzene rings is 1. The summed E-state index contributed by atoms with van der Waals surface area (Å²) in [5.41, 5.74) is 6.87. The molecule has 8 heteroatoms. The Morgan fingerprint density at radius 2 is 2.04 bits per heavy atom. The van der Waals surface area contributed by atoms with Crippen LogP contribution in [-0.4, -0.2) is 21.5 Å². The Balaban J connectivity index is 0.00000169. The van der Waals surface area contributed by atoms with Crippen LogP contribution in [0.4, 0.5) is 4.39 Å². The summed E-state index contributed by atoms with van der Waals surface area (Å²) in [6.45, 7) is 0. The molecule has 0 saturated heterocycles. The second-order valence-corrected chi connectivity index (χ2v) is 6.51.